The van der Waals surface area contributed by atoms with E-state index in [-0.39, 0.29) is 14.3 Å². The quantitative estimate of drug-likeness (QED) is 0.781. The van der Waals surface area contributed by atoms with E-state index in [0.29, 0.717) is 0 Å². The van der Waals surface area contributed by atoms with E-state index in [9.17, 15) is 13.2 Å². The molecule has 0 atom stereocenters. The molecule has 1 aromatic rings. The third kappa shape index (κ3) is 1.99. The normalized spacial score (nSPS) is 18.9. The fourth-order valence-electron chi connectivity index (χ4n) is 1.63. The first-order valence-corrected chi connectivity index (χ1v) is 7.48. The summed E-state index contributed by atoms with van der Waals surface area (Å²) in [5.41, 5.74) is -0.950. The van der Waals surface area contributed by atoms with Gasteiger partial charge in [0.2, 0.25) is 9.84 Å². The lowest BCUT2D eigenvalue weighted by atomic mass is 10.1. The highest BCUT2D eigenvalue weighted by molar-refractivity contribution is 9.12. The number of carbonyl (C=O) groups is 1. The van der Waals surface area contributed by atoms with Gasteiger partial charge in [-0.05, 0) is 41.9 Å². The van der Waals surface area contributed by atoms with Crippen molar-refractivity contribution < 1.29 is 17.9 Å². The molecule has 1 aromatic carbocycles. The molecule has 0 fully saturated rings. The van der Waals surface area contributed by atoms with Gasteiger partial charge in [0, 0.05) is 0 Å². The van der Waals surface area contributed by atoms with Crippen LogP contribution in [-0.2, 0) is 19.4 Å². The van der Waals surface area contributed by atoms with E-state index >= 15 is 0 Å². The minimum atomic E-state index is -3.85. The van der Waals surface area contributed by atoms with Crippen LogP contribution in [0.2, 0.25) is 0 Å². The summed E-state index contributed by atoms with van der Waals surface area (Å²) in [7, 11) is -3.85. The third-order valence-corrected chi connectivity index (χ3v) is 6.00. The van der Waals surface area contributed by atoms with E-state index in [2.05, 4.69) is 15.9 Å². The van der Waals surface area contributed by atoms with Crippen LogP contribution >= 0.6 is 15.9 Å². The molecule has 1 aliphatic heterocycles. The van der Waals surface area contributed by atoms with Crippen LogP contribution in [0, 0.1) is 0 Å². The van der Waals surface area contributed by atoms with Gasteiger partial charge in [0.25, 0.3) is 0 Å². The second-order valence-corrected chi connectivity index (χ2v) is 7.04. The molecule has 0 saturated heterocycles. The molecule has 0 bridgehead atoms. The highest BCUT2D eigenvalue weighted by Crippen LogP contribution is 2.40. The monoisotopic (exact) mass is 330 g/mol. The van der Waals surface area contributed by atoms with Crippen LogP contribution < -0.4 is 0 Å². The van der Waals surface area contributed by atoms with Crippen molar-refractivity contribution in [1.29, 1.82) is 0 Å². The number of sulfone groups is 1. The molecule has 0 amide bonds. The molecule has 1 aliphatic rings. The minimum Gasteiger partial charge on any atom is -0.450 e. The fourth-order valence-corrected chi connectivity index (χ4v) is 4.01. The average molecular weight is 331 g/mol. The summed E-state index contributed by atoms with van der Waals surface area (Å²) in [6.07, 6.45) is 0. The minimum absolute atomic E-state index is 0.0756. The zero-order valence-electron chi connectivity index (χ0n) is 9.81. The summed E-state index contributed by atoms with van der Waals surface area (Å²) in [6.45, 7) is 3.25. The fraction of sp³-hybridized carbons (Fsp3) is 0.250. The number of hydrogen-bond acceptors (Lipinski definition) is 4. The van der Waals surface area contributed by atoms with Crippen molar-refractivity contribution in [2.75, 3.05) is 0 Å². The Kier molecular flexibility index (Phi) is 3.11. The number of rotatable bonds is 2. The highest BCUT2D eigenvalue weighted by Gasteiger charge is 2.45. The Hall–Kier alpha value is -1.14. The Balaban J connectivity index is 2.63. The lowest BCUT2D eigenvalue weighted by Crippen LogP contribution is -2.20. The van der Waals surface area contributed by atoms with Crippen LogP contribution in [0.4, 0.5) is 0 Å². The number of benzene rings is 1. The zero-order chi connectivity index (χ0) is 13.6. The van der Waals surface area contributed by atoms with E-state index in [1.165, 1.54) is 12.1 Å². The van der Waals surface area contributed by atoms with Crippen molar-refractivity contribution >= 4 is 31.7 Å². The number of esters is 1. The van der Waals surface area contributed by atoms with Gasteiger partial charge in [-0.15, -0.1) is 0 Å². The Labute approximate surface area is 114 Å². The van der Waals surface area contributed by atoms with Crippen molar-refractivity contribution in [3.63, 3.8) is 0 Å². The third-order valence-electron chi connectivity index (χ3n) is 2.58. The van der Waals surface area contributed by atoms with E-state index in [0.717, 1.165) is 0 Å². The summed E-state index contributed by atoms with van der Waals surface area (Å²) in [5.74, 6) is -0.823. The molecule has 0 aromatic heterocycles. The smallest absolute Gasteiger partial charge is 0.352 e. The number of halogens is 1. The van der Waals surface area contributed by atoms with Gasteiger partial charge in [-0.3, -0.25) is 0 Å². The van der Waals surface area contributed by atoms with Crippen molar-refractivity contribution in [1.82, 2.24) is 0 Å². The molecule has 6 heteroatoms. The second kappa shape index (κ2) is 4.20. The Morgan fingerprint density at radius 2 is 1.72 bits per heavy atom. The van der Waals surface area contributed by atoms with Crippen LogP contribution in [0.25, 0.3) is 0 Å². The van der Waals surface area contributed by atoms with Gasteiger partial charge in [0.1, 0.15) is 5.60 Å². The molecular formula is C12H11BrO4S. The van der Waals surface area contributed by atoms with Crippen LogP contribution in [0.1, 0.15) is 13.8 Å². The van der Waals surface area contributed by atoms with Crippen molar-refractivity contribution in [3.8, 4) is 0 Å². The van der Waals surface area contributed by atoms with Crippen LogP contribution in [-0.4, -0.2) is 20.0 Å². The summed E-state index contributed by atoms with van der Waals surface area (Å²) in [4.78, 5) is 11.5. The molecule has 2 rings (SSSR count). The van der Waals surface area contributed by atoms with E-state index in [1.54, 1.807) is 32.0 Å². The summed E-state index contributed by atoms with van der Waals surface area (Å²) in [6, 6.07) is 7.81. The molecule has 0 saturated carbocycles. The lowest BCUT2D eigenvalue weighted by molar-refractivity contribution is -0.143. The maximum atomic E-state index is 12.4. The van der Waals surface area contributed by atoms with Gasteiger partial charge in [-0.25, -0.2) is 13.2 Å². The Morgan fingerprint density at radius 1 is 1.17 bits per heavy atom. The molecule has 4 nitrogen and oxygen atoms in total. The van der Waals surface area contributed by atoms with E-state index in [4.69, 9.17) is 4.74 Å². The number of ether oxygens (including phenoxy) is 1. The van der Waals surface area contributed by atoms with Gasteiger partial charge in [-0.2, -0.15) is 0 Å². The van der Waals surface area contributed by atoms with Gasteiger partial charge in [-0.1, -0.05) is 18.2 Å². The maximum absolute atomic E-state index is 12.4. The Morgan fingerprint density at radius 3 is 2.17 bits per heavy atom. The molecule has 96 valence electrons. The standard InChI is InChI=1S/C12H11BrO4S/c1-12(2)10(13)9(11(14)17-12)18(15,16)8-6-4-3-5-7-8/h3-7H,1-2H3. The van der Waals surface area contributed by atoms with E-state index in [1.807, 2.05) is 0 Å². The molecule has 18 heavy (non-hydrogen) atoms. The lowest BCUT2D eigenvalue weighted by Gasteiger charge is -2.16. The van der Waals surface area contributed by atoms with Crippen molar-refractivity contribution in [2.24, 2.45) is 0 Å². The van der Waals surface area contributed by atoms with Gasteiger partial charge >= 0.3 is 5.97 Å². The first kappa shape index (κ1) is 13.3. The first-order valence-electron chi connectivity index (χ1n) is 5.20. The molecule has 0 spiro atoms. The number of hydrogen-bond donors (Lipinski definition) is 0. The summed E-state index contributed by atoms with van der Waals surface area (Å²) in [5, 5.41) is 0. The molecule has 0 aliphatic carbocycles. The Bertz CT molecular complexity index is 629. The predicted molar refractivity (Wildman–Crippen MR) is 69.8 cm³/mol. The molecule has 0 unspecified atom stereocenters. The highest BCUT2D eigenvalue weighted by atomic mass is 79.9. The maximum Gasteiger partial charge on any atom is 0.352 e. The SMILES string of the molecule is CC1(C)OC(=O)C(S(=O)(=O)c2ccccc2)=C1Br. The second-order valence-electron chi connectivity index (χ2n) is 4.36. The van der Waals surface area contributed by atoms with Gasteiger partial charge < -0.3 is 4.74 Å². The molecular weight excluding hydrogens is 320 g/mol. The van der Waals surface area contributed by atoms with Crippen LogP contribution in [0.15, 0.2) is 44.6 Å². The van der Waals surface area contributed by atoms with Gasteiger partial charge in [0.15, 0.2) is 4.91 Å². The van der Waals surface area contributed by atoms with Crippen molar-refractivity contribution in [3.05, 3.63) is 39.7 Å². The summed E-state index contributed by atoms with van der Waals surface area (Å²) < 4.78 is 30.0. The van der Waals surface area contributed by atoms with Crippen molar-refractivity contribution in [2.45, 2.75) is 24.3 Å². The first-order chi connectivity index (χ1) is 8.27. The number of carbonyl (C=O) groups excluding carboxylic acids is 1. The van der Waals surface area contributed by atoms with E-state index < -0.39 is 21.4 Å². The largest absolute Gasteiger partial charge is 0.450 e. The van der Waals surface area contributed by atoms with Gasteiger partial charge in [0.05, 0.1) is 9.38 Å². The summed E-state index contributed by atoms with van der Waals surface area (Å²) >= 11 is 3.15. The topological polar surface area (TPSA) is 60.4 Å². The average Bonchev–Trinajstić information content (AvgIpc) is 2.49. The predicted octanol–water partition coefficient (Wildman–Crippen LogP) is 2.40. The molecule has 1 heterocycles. The van der Waals surface area contributed by atoms with Crippen LogP contribution in [0.5, 0.6) is 0 Å². The number of cyclic esters (lactones) is 1. The molecule has 0 N–H and O–H groups in total. The zero-order valence-corrected chi connectivity index (χ0v) is 12.2. The molecule has 0 radical (unpaired) electrons. The van der Waals surface area contributed by atoms with Crippen LogP contribution in [0.3, 0.4) is 0 Å².